The summed E-state index contributed by atoms with van der Waals surface area (Å²) in [4.78, 5) is 0. The molecule has 2 rings (SSSR count). The molecule has 2 unspecified atom stereocenters. The zero-order chi connectivity index (χ0) is 10.1. The van der Waals surface area contributed by atoms with Crippen LogP contribution in [-0.4, -0.2) is 23.0 Å². The lowest BCUT2D eigenvalue weighted by atomic mass is 9.94. The molecule has 78 valence electrons. The predicted molar refractivity (Wildman–Crippen MR) is 53.8 cm³/mol. The predicted octanol–water partition coefficient (Wildman–Crippen LogP) is 0.765. The molecule has 0 saturated carbocycles. The van der Waals surface area contributed by atoms with E-state index in [2.05, 4.69) is 12.0 Å². The molecule has 2 N–H and O–H groups in total. The zero-order valence-electron chi connectivity index (χ0n) is 8.73. The SMILES string of the molecule is Cc1c(C(N)C2CCOC2)cnn1C. The van der Waals surface area contributed by atoms with Crippen molar-refractivity contribution in [2.75, 3.05) is 13.2 Å². The second kappa shape index (κ2) is 3.71. The summed E-state index contributed by atoms with van der Waals surface area (Å²) < 4.78 is 7.21. The van der Waals surface area contributed by atoms with Crippen molar-refractivity contribution in [1.82, 2.24) is 9.78 Å². The average molecular weight is 195 g/mol. The van der Waals surface area contributed by atoms with E-state index in [4.69, 9.17) is 10.5 Å². The van der Waals surface area contributed by atoms with Crippen LogP contribution in [0, 0.1) is 12.8 Å². The van der Waals surface area contributed by atoms with Crippen molar-refractivity contribution in [3.05, 3.63) is 17.5 Å². The van der Waals surface area contributed by atoms with Crippen LogP contribution in [0.25, 0.3) is 0 Å². The molecule has 2 heterocycles. The van der Waals surface area contributed by atoms with E-state index in [1.165, 1.54) is 0 Å². The van der Waals surface area contributed by atoms with E-state index >= 15 is 0 Å². The molecule has 0 amide bonds. The van der Waals surface area contributed by atoms with Crippen molar-refractivity contribution in [2.45, 2.75) is 19.4 Å². The van der Waals surface area contributed by atoms with Crippen LogP contribution in [0.5, 0.6) is 0 Å². The van der Waals surface area contributed by atoms with Gasteiger partial charge in [0.05, 0.1) is 12.8 Å². The maximum absolute atomic E-state index is 6.18. The van der Waals surface area contributed by atoms with E-state index in [1.807, 2.05) is 17.9 Å². The summed E-state index contributed by atoms with van der Waals surface area (Å²) in [5, 5.41) is 4.20. The van der Waals surface area contributed by atoms with Gasteiger partial charge in [-0.1, -0.05) is 0 Å². The molecular formula is C10H17N3O. The monoisotopic (exact) mass is 195 g/mol. The Hall–Kier alpha value is -0.870. The highest BCUT2D eigenvalue weighted by Crippen LogP contribution is 2.27. The van der Waals surface area contributed by atoms with Gasteiger partial charge >= 0.3 is 0 Å². The molecule has 2 atom stereocenters. The maximum atomic E-state index is 6.18. The van der Waals surface area contributed by atoms with Gasteiger partial charge in [0, 0.05) is 36.9 Å². The molecule has 0 spiro atoms. The van der Waals surface area contributed by atoms with Crippen molar-refractivity contribution in [3.63, 3.8) is 0 Å². The van der Waals surface area contributed by atoms with E-state index in [0.717, 1.165) is 30.9 Å². The molecule has 1 aromatic rings. The number of aromatic nitrogens is 2. The van der Waals surface area contributed by atoms with Gasteiger partial charge in [0.25, 0.3) is 0 Å². The van der Waals surface area contributed by atoms with Gasteiger partial charge < -0.3 is 10.5 Å². The molecule has 1 aliphatic rings. The number of hydrogen-bond donors (Lipinski definition) is 1. The molecule has 0 bridgehead atoms. The first-order valence-corrected chi connectivity index (χ1v) is 5.02. The van der Waals surface area contributed by atoms with Gasteiger partial charge in [0.15, 0.2) is 0 Å². The quantitative estimate of drug-likeness (QED) is 0.758. The molecule has 14 heavy (non-hydrogen) atoms. The summed E-state index contributed by atoms with van der Waals surface area (Å²) in [6.07, 6.45) is 2.94. The molecule has 0 aliphatic carbocycles. The molecule has 1 aliphatic heterocycles. The fourth-order valence-electron chi connectivity index (χ4n) is 1.93. The van der Waals surface area contributed by atoms with E-state index in [9.17, 15) is 0 Å². The molecule has 4 heteroatoms. The van der Waals surface area contributed by atoms with E-state index in [1.54, 1.807) is 0 Å². The minimum atomic E-state index is 0.0752. The zero-order valence-corrected chi connectivity index (χ0v) is 8.73. The van der Waals surface area contributed by atoms with Crippen molar-refractivity contribution < 1.29 is 4.74 Å². The van der Waals surface area contributed by atoms with Crippen LogP contribution in [-0.2, 0) is 11.8 Å². The van der Waals surface area contributed by atoms with Crippen molar-refractivity contribution in [1.29, 1.82) is 0 Å². The Balaban J connectivity index is 2.17. The van der Waals surface area contributed by atoms with Gasteiger partial charge in [-0.25, -0.2) is 0 Å². The summed E-state index contributed by atoms with van der Waals surface area (Å²) in [6, 6.07) is 0.0752. The standard InChI is InChI=1S/C10H17N3O/c1-7-9(5-12-13(7)2)10(11)8-3-4-14-6-8/h5,8,10H,3-4,6,11H2,1-2H3. The van der Waals surface area contributed by atoms with Crippen molar-refractivity contribution in [2.24, 2.45) is 18.7 Å². The molecule has 1 fully saturated rings. The molecule has 4 nitrogen and oxygen atoms in total. The topological polar surface area (TPSA) is 53.1 Å². The Bertz CT molecular complexity index is 315. The summed E-state index contributed by atoms with van der Waals surface area (Å²) in [5.41, 5.74) is 8.49. The van der Waals surface area contributed by atoms with Crippen LogP contribution in [0.2, 0.25) is 0 Å². The maximum Gasteiger partial charge on any atom is 0.0540 e. The number of aryl methyl sites for hydroxylation is 1. The minimum absolute atomic E-state index is 0.0752. The van der Waals surface area contributed by atoms with Gasteiger partial charge in [-0.15, -0.1) is 0 Å². The number of nitrogens with two attached hydrogens (primary N) is 1. The summed E-state index contributed by atoms with van der Waals surface area (Å²) in [5.74, 6) is 0.456. The lowest BCUT2D eigenvalue weighted by Crippen LogP contribution is -2.22. The summed E-state index contributed by atoms with van der Waals surface area (Å²) in [6.45, 7) is 3.69. The molecule has 1 aromatic heterocycles. The molecule has 0 radical (unpaired) electrons. The van der Waals surface area contributed by atoms with E-state index in [0.29, 0.717) is 5.92 Å². The van der Waals surface area contributed by atoms with Crippen LogP contribution in [0.3, 0.4) is 0 Å². The third-order valence-corrected chi connectivity index (χ3v) is 3.11. The number of hydrogen-bond acceptors (Lipinski definition) is 3. The Labute approximate surface area is 84.0 Å². The Morgan fingerprint density at radius 3 is 3.00 bits per heavy atom. The third kappa shape index (κ3) is 1.55. The normalized spacial score (nSPS) is 24.1. The van der Waals surface area contributed by atoms with Crippen LogP contribution in [0.15, 0.2) is 6.20 Å². The van der Waals surface area contributed by atoms with Crippen LogP contribution >= 0.6 is 0 Å². The van der Waals surface area contributed by atoms with Crippen LogP contribution in [0.1, 0.15) is 23.7 Å². The fraction of sp³-hybridized carbons (Fsp3) is 0.700. The fourth-order valence-corrected chi connectivity index (χ4v) is 1.93. The molecule has 0 aromatic carbocycles. The van der Waals surface area contributed by atoms with Gasteiger partial charge in [-0.05, 0) is 13.3 Å². The van der Waals surface area contributed by atoms with Gasteiger partial charge in [0.2, 0.25) is 0 Å². The molecular weight excluding hydrogens is 178 g/mol. The van der Waals surface area contributed by atoms with Crippen LogP contribution in [0.4, 0.5) is 0 Å². The average Bonchev–Trinajstić information content (AvgIpc) is 2.77. The van der Waals surface area contributed by atoms with Gasteiger partial charge in [0.1, 0.15) is 0 Å². The number of rotatable bonds is 2. The first-order chi connectivity index (χ1) is 6.70. The number of ether oxygens (including phenoxy) is 1. The lowest BCUT2D eigenvalue weighted by molar-refractivity contribution is 0.181. The van der Waals surface area contributed by atoms with Gasteiger partial charge in [-0.2, -0.15) is 5.10 Å². The minimum Gasteiger partial charge on any atom is -0.381 e. The largest absolute Gasteiger partial charge is 0.381 e. The highest BCUT2D eigenvalue weighted by atomic mass is 16.5. The van der Waals surface area contributed by atoms with Crippen molar-refractivity contribution in [3.8, 4) is 0 Å². The van der Waals surface area contributed by atoms with Crippen molar-refractivity contribution >= 4 is 0 Å². The van der Waals surface area contributed by atoms with E-state index < -0.39 is 0 Å². The highest BCUT2D eigenvalue weighted by molar-refractivity contribution is 5.21. The Morgan fingerprint density at radius 2 is 2.50 bits per heavy atom. The summed E-state index contributed by atoms with van der Waals surface area (Å²) >= 11 is 0. The second-order valence-corrected chi connectivity index (χ2v) is 3.96. The smallest absolute Gasteiger partial charge is 0.0540 e. The third-order valence-electron chi connectivity index (χ3n) is 3.11. The first-order valence-electron chi connectivity index (χ1n) is 5.02. The highest BCUT2D eigenvalue weighted by Gasteiger charge is 2.26. The van der Waals surface area contributed by atoms with Crippen LogP contribution < -0.4 is 5.73 Å². The molecule has 1 saturated heterocycles. The Kier molecular flexibility index (Phi) is 2.56. The van der Waals surface area contributed by atoms with Gasteiger partial charge in [-0.3, -0.25) is 4.68 Å². The lowest BCUT2D eigenvalue weighted by Gasteiger charge is -2.17. The number of nitrogens with zero attached hydrogens (tertiary/aromatic N) is 2. The summed E-state index contributed by atoms with van der Waals surface area (Å²) in [7, 11) is 1.94. The van der Waals surface area contributed by atoms with E-state index in [-0.39, 0.29) is 6.04 Å². The first kappa shape index (κ1) is 9.68. The Morgan fingerprint density at radius 1 is 1.71 bits per heavy atom. The second-order valence-electron chi connectivity index (χ2n) is 3.96.